The van der Waals surface area contributed by atoms with E-state index in [4.69, 9.17) is 34.0 Å². The molecule has 5 heteroatoms. The molecule has 0 spiro atoms. The molecule has 3 nitrogen and oxygen atoms in total. The zero-order valence-electron chi connectivity index (χ0n) is 7.32. The number of halogens is 2. The highest BCUT2D eigenvalue weighted by atomic mass is 35.5. The third-order valence-electron chi connectivity index (χ3n) is 1.89. The monoisotopic (exact) mass is 235 g/mol. The Morgan fingerprint density at radius 1 is 1.36 bits per heavy atom. The number of hydrogen-bond donors (Lipinski definition) is 3. The van der Waals surface area contributed by atoms with E-state index < -0.39 is 12.1 Å². The maximum atomic E-state index is 9.67. The molecule has 0 amide bonds. The van der Waals surface area contributed by atoms with Crippen molar-refractivity contribution >= 4 is 23.2 Å². The Labute approximate surface area is 92.1 Å². The van der Waals surface area contributed by atoms with Crippen LogP contribution in [0.25, 0.3) is 0 Å². The fraction of sp³-hybridized carbons (Fsp3) is 0.333. The Hall–Kier alpha value is -0.320. The lowest BCUT2D eigenvalue weighted by Crippen LogP contribution is -2.32. The van der Waals surface area contributed by atoms with E-state index in [1.54, 1.807) is 12.1 Å². The lowest BCUT2D eigenvalue weighted by atomic mass is 10.0. The van der Waals surface area contributed by atoms with Crippen LogP contribution in [0.3, 0.4) is 0 Å². The van der Waals surface area contributed by atoms with E-state index in [2.05, 4.69) is 0 Å². The van der Waals surface area contributed by atoms with Gasteiger partial charge in [-0.15, -0.1) is 0 Å². The minimum absolute atomic E-state index is 0.315. The van der Waals surface area contributed by atoms with Crippen LogP contribution in [0, 0.1) is 0 Å². The molecule has 1 rings (SSSR count). The Balaban J connectivity index is 2.99. The molecule has 0 fully saturated rings. The molecule has 0 heterocycles. The number of benzene rings is 1. The van der Waals surface area contributed by atoms with Gasteiger partial charge in [0.25, 0.3) is 0 Å². The van der Waals surface area contributed by atoms with Crippen LogP contribution in [-0.2, 0) is 0 Å². The minimum Gasteiger partial charge on any atom is -0.395 e. The maximum absolute atomic E-state index is 9.67. The van der Waals surface area contributed by atoms with Gasteiger partial charge in [-0.05, 0) is 18.2 Å². The molecule has 0 saturated carbocycles. The minimum atomic E-state index is -1.01. The summed E-state index contributed by atoms with van der Waals surface area (Å²) in [6, 6.07) is 3.97. The molecule has 1 aromatic carbocycles. The normalized spacial score (nSPS) is 15.2. The highest BCUT2D eigenvalue weighted by Gasteiger charge is 2.18. The van der Waals surface area contributed by atoms with E-state index in [0.717, 1.165) is 0 Å². The molecule has 4 N–H and O–H groups in total. The largest absolute Gasteiger partial charge is 0.395 e. The van der Waals surface area contributed by atoms with E-state index in [1.807, 2.05) is 0 Å². The summed E-state index contributed by atoms with van der Waals surface area (Å²) < 4.78 is 0. The van der Waals surface area contributed by atoms with Crippen LogP contribution >= 0.6 is 23.2 Å². The Morgan fingerprint density at radius 3 is 2.57 bits per heavy atom. The molecule has 14 heavy (non-hydrogen) atoms. The highest BCUT2D eigenvalue weighted by molar-refractivity contribution is 6.33. The summed E-state index contributed by atoms with van der Waals surface area (Å²) in [5, 5.41) is 19.3. The predicted octanol–water partition coefficient (Wildman–Crippen LogP) is 1.35. The predicted molar refractivity (Wildman–Crippen MR) is 56.5 cm³/mol. The molecule has 0 bridgehead atoms. The summed E-state index contributed by atoms with van der Waals surface area (Å²) in [6.07, 6.45) is -1.01. The summed E-state index contributed by atoms with van der Waals surface area (Å²) in [4.78, 5) is 0. The molecule has 1 aromatic rings. The van der Waals surface area contributed by atoms with Gasteiger partial charge in [-0.25, -0.2) is 0 Å². The van der Waals surface area contributed by atoms with Crippen molar-refractivity contribution in [1.29, 1.82) is 0 Å². The standard InChI is InChI=1S/C9H11Cl2NO2/c10-5-1-2-7(11)6(3-5)9(14)8(12)4-13/h1-3,8-9,13-14H,4,12H2. The second-order valence-electron chi connectivity index (χ2n) is 2.96. The van der Waals surface area contributed by atoms with Gasteiger partial charge < -0.3 is 15.9 Å². The second kappa shape index (κ2) is 4.96. The molecule has 0 radical (unpaired) electrons. The molecule has 0 saturated heterocycles. The quantitative estimate of drug-likeness (QED) is 0.742. The third kappa shape index (κ3) is 2.59. The number of aliphatic hydroxyl groups excluding tert-OH is 2. The van der Waals surface area contributed by atoms with Crippen LogP contribution < -0.4 is 5.73 Å². The number of nitrogens with two attached hydrogens (primary N) is 1. The Bertz CT molecular complexity index is 320. The van der Waals surface area contributed by atoms with Crippen molar-refractivity contribution in [2.24, 2.45) is 5.73 Å². The summed E-state index contributed by atoms with van der Waals surface area (Å²) in [7, 11) is 0. The average molecular weight is 236 g/mol. The van der Waals surface area contributed by atoms with Gasteiger partial charge in [-0.1, -0.05) is 23.2 Å². The highest BCUT2D eigenvalue weighted by Crippen LogP contribution is 2.27. The first-order valence-electron chi connectivity index (χ1n) is 4.05. The van der Waals surface area contributed by atoms with Crippen molar-refractivity contribution in [3.8, 4) is 0 Å². The first-order valence-corrected chi connectivity index (χ1v) is 4.81. The van der Waals surface area contributed by atoms with Crippen molar-refractivity contribution in [2.75, 3.05) is 6.61 Å². The van der Waals surface area contributed by atoms with Gasteiger partial charge >= 0.3 is 0 Å². The molecule has 0 aliphatic heterocycles. The molecule has 2 atom stereocenters. The van der Waals surface area contributed by atoms with Gasteiger partial charge in [0.1, 0.15) is 0 Å². The molecular formula is C9H11Cl2NO2. The fourth-order valence-electron chi connectivity index (χ4n) is 1.07. The topological polar surface area (TPSA) is 66.5 Å². The molecule has 2 unspecified atom stereocenters. The number of aliphatic hydroxyl groups is 2. The number of hydrogen-bond acceptors (Lipinski definition) is 3. The van der Waals surface area contributed by atoms with Crippen LogP contribution in [0.15, 0.2) is 18.2 Å². The van der Waals surface area contributed by atoms with Crippen LogP contribution in [0.2, 0.25) is 10.0 Å². The second-order valence-corrected chi connectivity index (χ2v) is 3.80. The summed E-state index contributed by atoms with van der Waals surface area (Å²) in [5.41, 5.74) is 5.90. The van der Waals surface area contributed by atoms with Crippen molar-refractivity contribution in [3.63, 3.8) is 0 Å². The van der Waals surface area contributed by atoms with E-state index >= 15 is 0 Å². The van der Waals surface area contributed by atoms with Crippen LogP contribution in [0.5, 0.6) is 0 Å². The Kier molecular flexibility index (Phi) is 4.16. The van der Waals surface area contributed by atoms with Crippen LogP contribution in [-0.4, -0.2) is 22.9 Å². The van der Waals surface area contributed by atoms with Crippen molar-refractivity contribution in [2.45, 2.75) is 12.1 Å². The summed E-state index contributed by atoms with van der Waals surface area (Å²) in [6.45, 7) is -0.315. The fourth-order valence-corrected chi connectivity index (χ4v) is 1.48. The van der Waals surface area contributed by atoms with Gasteiger partial charge in [-0.3, -0.25) is 0 Å². The SMILES string of the molecule is NC(CO)C(O)c1cc(Cl)ccc1Cl. The summed E-state index contributed by atoms with van der Waals surface area (Å²) >= 11 is 11.6. The molecule has 78 valence electrons. The van der Waals surface area contributed by atoms with Gasteiger partial charge in [0.15, 0.2) is 0 Å². The lowest BCUT2D eigenvalue weighted by Gasteiger charge is -2.18. The van der Waals surface area contributed by atoms with Gasteiger partial charge in [0, 0.05) is 15.6 Å². The summed E-state index contributed by atoms with van der Waals surface area (Å²) in [5.74, 6) is 0. The zero-order valence-corrected chi connectivity index (χ0v) is 8.83. The first kappa shape index (κ1) is 11.8. The van der Waals surface area contributed by atoms with Crippen molar-refractivity contribution in [3.05, 3.63) is 33.8 Å². The Morgan fingerprint density at radius 2 is 2.00 bits per heavy atom. The van der Waals surface area contributed by atoms with Crippen LogP contribution in [0.1, 0.15) is 11.7 Å². The molecule has 0 aromatic heterocycles. The van der Waals surface area contributed by atoms with Gasteiger partial charge in [0.2, 0.25) is 0 Å². The first-order chi connectivity index (χ1) is 6.56. The number of rotatable bonds is 3. The van der Waals surface area contributed by atoms with Gasteiger partial charge in [-0.2, -0.15) is 0 Å². The van der Waals surface area contributed by atoms with E-state index in [-0.39, 0.29) is 6.61 Å². The lowest BCUT2D eigenvalue weighted by molar-refractivity contribution is 0.109. The van der Waals surface area contributed by atoms with E-state index in [9.17, 15) is 5.11 Å². The smallest absolute Gasteiger partial charge is 0.0978 e. The van der Waals surface area contributed by atoms with E-state index in [0.29, 0.717) is 15.6 Å². The van der Waals surface area contributed by atoms with Crippen molar-refractivity contribution < 1.29 is 10.2 Å². The van der Waals surface area contributed by atoms with E-state index in [1.165, 1.54) is 6.07 Å². The average Bonchev–Trinajstić information content (AvgIpc) is 2.19. The van der Waals surface area contributed by atoms with Gasteiger partial charge in [0.05, 0.1) is 18.8 Å². The van der Waals surface area contributed by atoms with Crippen molar-refractivity contribution in [1.82, 2.24) is 0 Å². The third-order valence-corrected chi connectivity index (χ3v) is 2.47. The zero-order chi connectivity index (χ0) is 10.7. The maximum Gasteiger partial charge on any atom is 0.0978 e. The molecular weight excluding hydrogens is 225 g/mol. The van der Waals surface area contributed by atoms with Crippen LogP contribution in [0.4, 0.5) is 0 Å². The molecule has 0 aliphatic carbocycles. The molecule has 0 aliphatic rings.